The maximum Gasteiger partial charge on any atom is 0.0761 e. The van der Waals surface area contributed by atoms with Crippen LogP contribution in [0.15, 0.2) is 30.5 Å². The highest BCUT2D eigenvalue weighted by Gasteiger charge is 2.25. The normalized spacial score (nSPS) is 21.6. The zero-order valence-corrected chi connectivity index (χ0v) is 13.2. The van der Waals surface area contributed by atoms with Crippen LogP contribution in [-0.2, 0) is 6.54 Å². The number of hydrogen-bond donors (Lipinski definition) is 1. The number of likely N-dealkylation sites (tertiary alicyclic amines) is 1. The molecule has 2 unspecified atom stereocenters. The van der Waals surface area contributed by atoms with E-state index in [-0.39, 0.29) is 6.04 Å². The summed E-state index contributed by atoms with van der Waals surface area (Å²) in [5, 5.41) is 1.80. The molecule has 1 aromatic carbocycles. The van der Waals surface area contributed by atoms with Gasteiger partial charge in [-0.05, 0) is 50.1 Å². The second-order valence-electron chi connectivity index (χ2n) is 6.00. The van der Waals surface area contributed by atoms with E-state index in [2.05, 4.69) is 22.9 Å². The van der Waals surface area contributed by atoms with Crippen molar-refractivity contribution in [3.8, 4) is 0 Å². The van der Waals surface area contributed by atoms with Crippen molar-refractivity contribution < 1.29 is 0 Å². The number of nitrogens with zero attached hydrogens (tertiary/aromatic N) is 2. The molecule has 0 spiro atoms. The third-order valence-electron chi connectivity index (χ3n) is 4.44. The van der Waals surface area contributed by atoms with Crippen molar-refractivity contribution >= 4 is 22.5 Å². The van der Waals surface area contributed by atoms with Crippen molar-refractivity contribution in [2.45, 2.75) is 44.8 Å². The maximum atomic E-state index is 6.28. The quantitative estimate of drug-likeness (QED) is 0.942. The number of piperidine rings is 1. The van der Waals surface area contributed by atoms with Crippen molar-refractivity contribution in [3.05, 3.63) is 41.0 Å². The molecule has 1 fully saturated rings. The molecule has 1 aliphatic rings. The average molecular weight is 304 g/mol. The van der Waals surface area contributed by atoms with Crippen LogP contribution in [0, 0.1) is 0 Å². The Kier molecular flexibility index (Phi) is 4.43. The lowest BCUT2D eigenvalue weighted by molar-refractivity contribution is 0.123. The van der Waals surface area contributed by atoms with Gasteiger partial charge in [0.15, 0.2) is 0 Å². The Morgan fingerprint density at radius 3 is 3.05 bits per heavy atom. The Hall–Kier alpha value is -1.16. The van der Waals surface area contributed by atoms with Crippen molar-refractivity contribution in [2.75, 3.05) is 6.54 Å². The Balaban J connectivity index is 1.92. The van der Waals surface area contributed by atoms with Crippen molar-refractivity contribution in [1.82, 2.24) is 9.88 Å². The third-order valence-corrected chi connectivity index (χ3v) is 4.77. The fraction of sp³-hybridized carbons (Fsp3) is 0.471. The fourth-order valence-electron chi connectivity index (χ4n) is 3.35. The lowest BCUT2D eigenvalue weighted by Crippen LogP contribution is -2.48. The Labute approximate surface area is 131 Å². The minimum atomic E-state index is 0.205. The summed E-state index contributed by atoms with van der Waals surface area (Å²) in [6, 6.07) is 8.72. The molecule has 112 valence electrons. The zero-order valence-electron chi connectivity index (χ0n) is 12.4. The van der Waals surface area contributed by atoms with Gasteiger partial charge in [0.1, 0.15) is 0 Å². The maximum absolute atomic E-state index is 6.28. The number of nitrogens with two attached hydrogens (primary N) is 1. The lowest BCUT2D eigenvalue weighted by atomic mass is 9.96. The molecule has 3 rings (SSSR count). The van der Waals surface area contributed by atoms with E-state index < -0.39 is 0 Å². The minimum absolute atomic E-state index is 0.205. The number of pyridine rings is 1. The van der Waals surface area contributed by atoms with Crippen LogP contribution in [0.5, 0.6) is 0 Å². The minimum Gasteiger partial charge on any atom is -0.327 e. The van der Waals surface area contributed by atoms with Crippen LogP contribution in [0.3, 0.4) is 0 Å². The number of hydrogen-bond acceptors (Lipinski definition) is 3. The molecule has 4 heteroatoms. The first-order valence-corrected chi connectivity index (χ1v) is 8.06. The van der Waals surface area contributed by atoms with E-state index >= 15 is 0 Å². The Morgan fingerprint density at radius 1 is 1.38 bits per heavy atom. The number of fused-ring (bicyclic) bond motifs is 1. The molecule has 1 saturated heterocycles. The van der Waals surface area contributed by atoms with Gasteiger partial charge in [-0.15, -0.1) is 0 Å². The summed E-state index contributed by atoms with van der Waals surface area (Å²) in [4.78, 5) is 7.04. The molecule has 0 aliphatic carbocycles. The summed E-state index contributed by atoms with van der Waals surface area (Å²) in [5.74, 6) is 0. The third kappa shape index (κ3) is 3.05. The number of aromatic nitrogens is 1. The van der Waals surface area contributed by atoms with Gasteiger partial charge >= 0.3 is 0 Å². The van der Waals surface area contributed by atoms with E-state index in [1.807, 2.05) is 24.4 Å². The number of benzene rings is 1. The van der Waals surface area contributed by atoms with E-state index in [9.17, 15) is 0 Å². The number of rotatable bonds is 3. The van der Waals surface area contributed by atoms with E-state index in [1.54, 1.807) is 0 Å². The van der Waals surface area contributed by atoms with Gasteiger partial charge in [-0.3, -0.25) is 9.88 Å². The first-order chi connectivity index (χ1) is 10.2. The average Bonchev–Trinajstić information content (AvgIpc) is 2.51. The summed E-state index contributed by atoms with van der Waals surface area (Å²) in [5.41, 5.74) is 8.42. The second-order valence-corrected chi connectivity index (χ2v) is 6.41. The molecule has 21 heavy (non-hydrogen) atoms. The number of halogens is 1. The van der Waals surface area contributed by atoms with Gasteiger partial charge in [0, 0.05) is 35.2 Å². The standard InChI is InChI=1S/C17H22ClN3/c1-12(19)16-6-2-3-10-21(16)11-13-7-8-15(18)14-5-4-9-20-17(13)14/h4-5,7-9,12,16H,2-3,6,10-11,19H2,1H3. The molecule has 2 N–H and O–H groups in total. The topological polar surface area (TPSA) is 42.1 Å². The molecule has 0 amide bonds. The molecule has 2 atom stereocenters. The van der Waals surface area contributed by atoms with Crippen molar-refractivity contribution in [2.24, 2.45) is 5.73 Å². The molecule has 2 aromatic rings. The Bertz CT molecular complexity index is 626. The second kappa shape index (κ2) is 6.30. The fourth-order valence-corrected chi connectivity index (χ4v) is 3.57. The van der Waals surface area contributed by atoms with E-state index in [0.717, 1.165) is 29.0 Å². The highest BCUT2D eigenvalue weighted by molar-refractivity contribution is 6.35. The van der Waals surface area contributed by atoms with Gasteiger partial charge in [-0.2, -0.15) is 0 Å². The molecule has 2 heterocycles. The summed E-state index contributed by atoms with van der Waals surface area (Å²) in [7, 11) is 0. The van der Waals surface area contributed by atoms with Crippen LogP contribution >= 0.6 is 11.6 Å². The molecular formula is C17H22ClN3. The molecule has 0 saturated carbocycles. The molecule has 3 nitrogen and oxygen atoms in total. The first kappa shape index (κ1) is 14.8. The van der Waals surface area contributed by atoms with Gasteiger partial charge in [0.25, 0.3) is 0 Å². The Morgan fingerprint density at radius 2 is 2.24 bits per heavy atom. The predicted molar refractivity (Wildman–Crippen MR) is 88.5 cm³/mol. The van der Waals surface area contributed by atoms with Gasteiger partial charge in [-0.1, -0.05) is 24.1 Å². The first-order valence-electron chi connectivity index (χ1n) is 7.68. The monoisotopic (exact) mass is 303 g/mol. The van der Waals surface area contributed by atoms with E-state index in [4.69, 9.17) is 17.3 Å². The van der Waals surface area contributed by atoms with E-state index in [0.29, 0.717) is 6.04 Å². The summed E-state index contributed by atoms with van der Waals surface area (Å²) in [6.45, 7) is 4.13. The zero-order chi connectivity index (χ0) is 14.8. The van der Waals surface area contributed by atoms with Gasteiger partial charge in [0.2, 0.25) is 0 Å². The van der Waals surface area contributed by atoms with Crippen LogP contribution in [0.2, 0.25) is 5.02 Å². The lowest BCUT2D eigenvalue weighted by Gasteiger charge is -2.38. The molecule has 1 aliphatic heterocycles. The van der Waals surface area contributed by atoms with Gasteiger partial charge in [-0.25, -0.2) is 0 Å². The molecular weight excluding hydrogens is 282 g/mol. The highest BCUT2D eigenvalue weighted by Crippen LogP contribution is 2.28. The molecule has 1 aromatic heterocycles. The van der Waals surface area contributed by atoms with Crippen LogP contribution in [0.1, 0.15) is 31.7 Å². The van der Waals surface area contributed by atoms with Crippen LogP contribution in [-0.4, -0.2) is 28.5 Å². The molecule has 0 bridgehead atoms. The summed E-state index contributed by atoms with van der Waals surface area (Å²) in [6.07, 6.45) is 5.56. The van der Waals surface area contributed by atoms with E-state index in [1.165, 1.54) is 24.8 Å². The largest absolute Gasteiger partial charge is 0.327 e. The SMILES string of the molecule is CC(N)C1CCCCN1Cc1ccc(Cl)c2cccnc12. The molecule has 0 radical (unpaired) electrons. The smallest absolute Gasteiger partial charge is 0.0761 e. The highest BCUT2D eigenvalue weighted by atomic mass is 35.5. The predicted octanol–water partition coefficient (Wildman–Crippen LogP) is 3.59. The summed E-state index contributed by atoms with van der Waals surface area (Å²) >= 11 is 6.28. The van der Waals surface area contributed by atoms with Crippen LogP contribution in [0.25, 0.3) is 10.9 Å². The summed E-state index contributed by atoms with van der Waals surface area (Å²) < 4.78 is 0. The van der Waals surface area contributed by atoms with Gasteiger partial charge < -0.3 is 5.73 Å². The van der Waals surface area contributed by atoms with Gasteiger partial charge in [0.05, 0.1) is 5.52 Å². The van der Waals surface area contributed by atoms with Crippen LogP contribution in [0.4, 0.5) is 0 Å². The van der Waals surface area contributed by atoms with Crippen molar-refractivity contribution in [1.29, 1.82) is 0 Å². The van der Waals surface area contributed by atoms with Crippen molar-refractivity contribution in [3.63, 3.8) is 0 Å². The van der Waals surface area contributed by atoms with Crippen LogP contribution < -0.4 is 5.73 Å².